The number of carbonyl (C=O) groups is 1. The van der Waals surface area contributed by atoms with Gasteiger partial charge in [-0.15, -0.1) is 0 Å². The molecule has 0 bridgehead atoms. The third-order valence-electron chi connectivity index (χ3n) is 5.26. The standard InChI is InChI=1S/C18H27NO2/c1-13-12-16(13)17-10-8-15(21-17)9-11-18(20)19(2)14-6-4-3-5-7-14/h8,10,13-14,16H,3-7,9,11-12H2,1-2H3. The average Bonchev–Trinajstić information content (AvgIpc) is 3.06. The first-order valence-corrected chi connectivity index (χ1v) is 8.49. The lowest BCUT2D eigenvalue weighted by molar-refractivity contribution is -0.132. The van der Waals surface area contributed by atoms with Crippen LogP contribution in [0.2, 0.25) is 0 Å². The van der Waals surface area contributed by atoms with Crippen molar-refractivity contribution in [3.05, 3.63) is 23.7 Å². The van der Waals surface area contributed by atoms with E-state index in [-0.39, 0.29) is 5.91 Å². The molecule has 1 aromatic rings. The van der Waals surface area contributed by atoms with Crippen LogP contribution < -0.4 is 0 Å². The second-order valence-corrected chi connectivity index (χ2v) is 6.92. The van der Waals surface area contributed by atoms with Crippen LogP contribution in [0.1, 0.15) is 69.3 Å². The fraction of sp³-hybridized carbons (Fsp3) is 0.722. The number of hydrogen-bond donors (Lipinski definition) is 0. The minimum absolute atomic E-state index is 0.264. The molecule has 3 rings (SSSR count). The van der Waals surface area contributed by atoms with Gasteiger partial charge in [-0.3, -0.25) is 4.79 Å². The maximum atomic E-state index is 12.3. The fourth-order valence-corrected chi connectivity index (χ4v) is 3.53. The maximum absolute atomic E-state index is 12.3. The number of nitrogens with zero attached hydrogens (tertiary/aromatic N) is 1. The molecule has 0 N–H and O–H groups in total. The van der Waals surface area contributed by atoms with Crippen LogP contribution in [0.25, 0.3) is 0 Å². The van der Waals surface area contributed by atoms with Crippen molar-refractivity contribution in [2.75, 3.05) is 7.05 Å². The zero-order valence-corrected chi connectivity index (χ0v) is 13.3. The molecule has 0 aliphatic heterocycles. The van der Waals surface area contributed by atoms with Crippen molar-refractivity contribution in [3.8, 4) is 0 Å². The van der Waals surface area contributed by atoms with E-state index in [9.17, 15) is 4.79 Å². The van der Waals surface area contributed by atoms with Crippen LogP contribution in [0.15, 0.2) is 16.5 Å². The third kappa shape index (κ3) is 3.50. The van der Waals surface area contributed by atoms with Crippen molar-refractivity contribution in [1.29, 1.82) is 0 Å². The highest BCUT2D eigenvalue weighted by Gasteiger charge is 2.36. The predicted molar refractivity (Wildman–Crippen MR) is 83.2 cm³/mol. The highest BCUT2D eigenvalue weighted by molar-refractivity contribution is 5.76. The van der Waals surface area contributed by atoms with Crippen LogP contribution in [-0.4, -0.2) is 23.9 Å². The van der Waals surface area contributed by atoms with Crippen LogP contribution in [0.4, 0.5) is 0 Å². The summed E-state index contributed by atoms with van der Waals surface area (Å²) >= 11 is 0. The van der Waals surface area contributed by atoms with E-state index in [4.69, 9.17) is 4.42 Å². The van der Waals surface area contributed by atoms with E-state index in [0.29, 0.717) is 18.4 Å². The molecule has 2 unspecified atom stereocenters. The lowest BCUT2D eigenvalue weighted by atomic mass is 9.94. The molecular weight excluding hydrogens is 262 g/mol. The van der Waals surface area contributed by atoms with E-state index in [1.165, 1.54) is 38.5 Å². The first-order chi connectivity index (χ1) is 10.1. The molecule has 2 atom stereocenters. The average molecular weight is 289 g/mol. The van der Waals surface area contributed by atoms with Crippen molar-refractivity contribution in [2.45, 2.75) is 70.3 Å². The quantitative estimate of drug-likeness (QED) is 0.816. The van der Waals surface area contributed by atoms with Gasteiger partial charge in [-0.05, 0) is 37.3 Å². The molecule has 1 heterocycles. The Balaban J connectivity index is 1.47. The highest BCUT2D eigenvalue weighted by atomic mass is 16.3. The van der Waals surface area contributed by atoms with Crippen LogP contribution >= 0.6 is 0 Å². The molecule has 2 saturated carbocycles. The molecular formula is C18H27NO2. The van der Waals surface area contributed by atoms with E-state index in [1.54, 1.807) is 0 Å². The van der Waals surface area contributed by atoms with Gasteiger partial charge in [0, 0.05) is 31.8 Å². The zero-order valence-electron chi connectivity index (χ0n) is 13.3. The molecule has 3 heteroatoms. The topological polar surface area (TPSA) is 33.5 Å². The number of rotatable bonds is 5. The highest BCUT2D eigenvalue weighted by Crippen LogP contribution is 2.47. The number of amides is 1. The number of hydrogen-bond acceptors (Lipinski definition) is 2. The van der Waals surface area contributed by atoms with Crippen molar-refractivity contribution < 1.29 is 9.21 Å². The summed E-state index contributed by atoms with van der Waals surface area (Å²) in [6, 6.07) is 4.61. The molecule has 0 aromatic carbocycles. The number of aryl methyl sites for hydroxylation is 1. The summed E-state index contributed by atoms with van der Waals surface area (Å²) in [6.45, 7) is 2.26. The summed E-state index contributed by atoms with van der Waals surface area (Å²) in [4.78, 5) is 14.3. The Morgan fingerprint density at radius 3 is 2.67 bits per heavy atom. The summed E-state index contributed by atoms with van der Waals surface area (Å²) in [7, 11) is 1.97. The van der Waals surface area contributed by atoms with Crippen LogP contribution in [-0.2, 0) is 11.2 Å². The van der Waals surface area contributed by atoms with Gasteiger partial charge in [-0.1, -0.05) is 26.2 Å². The number of carbonyl (C=O) groups excluding carboxylic acids is 1. The van der Waals surface area contributed by atoms with E-state index in [2.05, 4.69) is 13.0 Å². The Morgan fingerprint density at radius 2 is 2.00 bits per heavy atom. The minimum Gasteiger partial charge on any atom is -0.466 e. The lowest BCUT2D eigenvalue weighted by Gasteiger charge is -2.31. The molecule has 21 heavy (non-hydrogen) atoms. The van der Waals surface area contributed by atoms with Crippen LogP contribution in [0.3, 0.4) is 0 Å². The van der Waals surface area contributed by atoms with E-state index >= 15 is 0 Å². The lowest BCUT2D eigenvalue weighted by Crippen LogP contribution is -2.38. The second kappa shape index (κ2) is 6.25. The smallest absolute Gasteiger partial charge is 0.223 e. The Bertz CT molecular complexity index is 487. The van der Waals surface area contributed by atoms with Gasteiger partial charge in [0.2, 0.25) is 5.91 Å². The monoisotopic (exact) mass is 289 g/mol. The Kier molecular flexibility index (Phi) is 4.37. The molecule has 0 radical (unpaired) electrons. The number of furan rings is 1. The van der Waals surface area contributed by atoms with Gasteiger partial charge in [0.05, 0.1) is 0 Å². The van der Waals surface area contributed by atoms with Crippen LogP contribution in [0, 0.1) is 5.92 Å². The minimum atomic E-state index is 0.264. The van der Waals surface area contributed by atoms with Gasteiger partial charge in [0.1, 0.15) is 11.5 Å². The Labute approximate surface area is 127 Å². The zero-order chi connectivity index (χ0) is 14.8. The van der Waals surface area contributed by atoms with Crippen molar-refractivity contribution >= 4 is 5.91 Å². The summed E-state index contributed by atoms with van der Waals surface area (Å²) < 4.78 is 5.88. The van der Waals surface area contributed by atoms with Gasteiger partial charge in [0.15, 0.2) is 0 Å². The van der Waals surface area contributed by atoms with Gasteiger partial charge in [-0.2, -0.15) is 0 Å². The first kappa shape index (κ1) is 14.7. The molecule has 1 amide bonds. The Hall–Kier alpha value is -1.25. The van der Waals surface area contributed by atoms with E-state index < -0.39 is 0 Å². The molecule has 2 aliphatic carbocycles. The SMILES string of the molecule is CC1CC1c1ccc(CCC(=O)N(C)C2CCCCC2)o1. The van der Waals surface area contributed by atoms with Gasteiger partial charge in [-0.25, -0.2) is 0 Å². The summed E-state index contributed by atoms with van der Waals surface area (Å²) in [5, 5.41) is 0. The molecule has 1 aromatic heterocycles. The first-order valence-electron chi connectivity index (χ1n) is 8.49. The molecule has 3 nitrogen and oxygen atoms in total. The van der Waals surface area contributed by atoms with Crippen molar-refractivity contribution in [2.24, 2.45) is 5.92 Å². The molecule has 116 valence electrons. The van der Waals surface area contributed by atoms with Crippen molar-refractivity contribution in [3.63, 3.8) is 0 Å². The molecule has 2 fully saturated rings. The maximum Gasteiger partial charge on any atom is 0.223 e. The molecule has 0 saturated heterocycles. The molecule has 2 aliphatic rings. The third-order valence-corrected chi connectivity index (χ3v) is 5.26. The van der Waals surface area contributed by atoms with E-state index in [1.807, 2.05) is 18.0 Å². The predicted octanol–water partition coefficient (Wildman–Crippen LogP) is 4.13. The van der Waals surface area contributed by atoms with Gasteiger partial charge >= 0.3 is 0 Å². The van der Waals surface area contributed by atoms with E-state index in [0.717, 1.165) is 23.9 Å². The second-order valence-electron chi connectivity index (χ2n) is 6.92. The normalized spacial score (nSPS) is 25.8. The Morgan fingerprint density at radius 1 is 1.29 bits per heavy atom. The summed E-state index contributed by atoms with van der Waals surface area (Å²) in [5.41, 5.74) is 0. The summed E-state index contributed by atoms with van der Waals surface area (Å²) in [6.07, 6.45) is 8.76. The largest absolute Gasteiger partial charge is 0.466 e. The van der Waals surface area contributed by atoms with Gasteiger partial charge < -0.3 is 9.32 Å². The van der Waals surface area contributed by atoms with Crippen LogP contribution in [0.5, 0.6) is 0 Å². The molecule has 0 spiro atoms. The summed E-state index contributed by atoms with van der Waals surface area (Å²) in [5.74, 6) is 3.74. The van der Waals surface area contributed by atoms with Gasteiger partial charge in [0.25, 0.3) is 0 Å². The fourth-order valence-electron chi connectivity index (χ4n) is 3.53. The van der Waals surface area contributed by atoms with Crippen molar-refractivity contribution in [1.82, 2.24) is 4.90 Å².